The average Bonchev–Trinajstić information content (AvgIpc) is 2.96. The molecule has 0 spiro atoms. The number of amidine groups is 1. The lowest BCUT2D eigenvalue weighted by atomic mass is 10.2. The highest BCUT2D eigenvalue weighted by molar-refractivity contribution is 9.10. The fourth-order valence-corrected chi connectivity index (χ4v) is 4.43. The molecule has 1 aliphatic rings. The number of fused-ring (bicyclic) bond motifs is 1. The zero-order valence-corrected chi connectivity index (χ0v) is 17.9. The van der Waals surface area contributed by atoms with E-state index < -0.39 is 14.9 Å². The van der Waals surface area contributed by atoms with E-state index in [-0.39, 0.29) is 22.0 Å². The lowest BCUT2D eigenvalue weighted by Gasteiger charge is -2.14. The van der Waals surface area contributed by atoms with Gasteiger partial charge in [0.1, 0.15) is 4.90 Å². The average molecular weight is 483 g/mol. The molecule has 152 valence electrons. The van der Waals surface area contributed by atoms with Crippen LogP contribution >= 0.6 is 15.9 Å². The predicted molar refractivity (Wildman–Crippen MR) is 109 cm³/mol. The van der Waals surface area contributed by atoms with Crippen molar-refractivity contribution in [2.24, 2.45) is 9.50 Å². The molecule has 1 aliphatic heterocycles. The summed E-state index contributed by atoms with van der Waals surface area (Å²) < 4.78 is 39.7. The Morgan fingerprint density at radius 3 is 2.59 bits per heavy atom. The van der Waals surface area contributed by atoms with Gasteiger partial charge in [-0.1, -0.05) is 15.9 Å². The Morgan fingerprint density at radius 2 is 1.97 bits per heavy atom. The van der Waals surface area contributed by atoms with Crippen molar-refractivity contribution in [1.82, 2.24) is 5.01 Å². The number of ether oxygens (including phenoxy) is 2. The van der Waals surface area contributed by atoms with E-state index in [4.69, 9.17) is 9.47 Å². The molecule has 10 nitrogen and oxygen atoms in total. The lowest BCUT2D eigenvalue weighted by molar-refractivity contribution is -0.385. The van der Waals surface area contributed by atoms with Crippen molar-refractivity contribution in [3.8, 4) is 11.5 Å². The molecule has 3 rings (SSSR count). The summed E-state index contributed by atoms with van der Waals surface area (Å²) >= 11 is 3.38. The first-order valence-corrected chi connectivity index (χ1v) is 10.2. The molecule has 0 atom stereocenters. The topological polar surface area (TPSA) is 124 Å². The Hall–Kier alpha value is -2.99. The third-order valence-corrected chi connectivity index (χ3v) is 5.82. The van der Waals surface area contributed by atoms with Crippen LogP contribution in [0.2, 0.25) is 0 Å². The number of benzene rings is 2. The smallest absolute Gasteiger partial charge is 0.285 e. The molecule has 0 aromatic heterocycles. The van der Waals surface area contributed by atoms with E-state index in [0.29, 0.717) is 17.1 Å². The number of rotatable bonds is 5. The van der Waals surface area contributed by atoms with Gasteiger partial charge in [-0.05, 0) is 18.2 Å². The molecule has 2 aromatic carbocycles. The van der Waals surface area contributed by atoms with Crippen LogP contribution in [0.3, 0.4) is 0 Å². The van der Waals surface area contributed by atoms with Crippen molar-refractivity contribution in [3.05, 3.63) is 56.0 Å². The molecule has 2 aromatic rings. The molecule has 0 radical (unpaired) electrons. The Labute approximate surface area is 174 Å². The maximum Gasteiger partial charge on any atom is 0.285 e. The molecule has 1 heterocycles. The van der Waals surface area contributed by atoms with Gasteiger partial charge in [0.05, 0.1) is 25.4 Å². The zero-order chi connectivity index (χ0) is 21.3. The Kier molecular flexibility index (Phi) is 5.57. The summed E-state index contributed by atoms with van der Waals surface area (Å²) in [4.78, 5) is 10.0. The standard InChI is InChI=1S/C17H15BrN4O6S/c1-21(19-9-10-6-11(18)7-14(27-2)16(10)28-3)17-13-5-4-12(22(23)24)8-15(13)29(25,26)20-17/h4-9H,1-3H3/b19-9-. The van der Waals surface area contributed by atoms with Crippen LogP contribution in [0.5, 0.6) is 11.5 Å². The molecule has 0 saturated heterocycles. The van der Waals surface area contributed by atoms with Crippen LogP contribution in [0.1, 0.15) is 11.1 Å². The second-order valence-corrected chi connectivity index (χ2v) is 8.31. The van der Waals surface area contributed by atoms with Crippen molar-refractivity contribution in [2.75, 3.05) is 21.3 Å². The maximum atomic E-state index is 12.3. The van der Waals surface area contributed by atoms with Crippen LogP contribution in [-0.2, 0) is 10.0 Å². The first-order chi connectivity index (χ1) is 13.7. The molecule has 0 aliphatic carbocycles. The van der Waals surface area contributed by atoms with E-state index in [1.165, 1.54) is 44.6 Å². The van der Waals surface area contributed by atoms with E-state index in [9.17, 15) is 18.5 Å². The number of non-ortho nitro benzene ring substituents is 1. The van der Waals surface area contributed by atoms with Gasteiger partial charge < -0.3 is 9.47 Å². The van der Waals surface area contributed by atoms with Gasteiger partial charge in [0.25, 0.3) is 15.7 Å². The predicted octanol–water partition coefficient (Wildman–Crippen LogP) is 2.79. The third kappa shape index (κ3) is 3.93. The fourth-order valence-electron chi connectivity index (χ4n) is 2.73. The quantitative estimate of drug-likeness (QED) is 0.364. The van der Waals surface area contributed by atoms with Crippen LogP contribution < -0.4 is 9.47 Å². The molecule has 0 bridgehead atoms. The third-order valence-electron chi connectivity index (χ3n) is 4.05. The number of nitro groups is 1. The molecule has 0 amide bonds. The second kappa shape index (κ2) is 7.79. The molecule has 12 heteroatoms. The minimum atomic E-state index is -4.05. The van der Waals surface area contributed by atoms with Crippen molar-refractivity contribution >= 4 is 43.7 Å². The molecule has 29 heavy (non-hydrogen) atoms. The van der Waals surface area contributed by atoms with Gasteiger partial charge in [0, 0.05) is 34.8 Å². The van der Waals surface area contributed by atoms with E-state index in [0.717, 1.165) is 10.5 Å². The monoisotopic (exact) mass is 482 g/mol. The molecular weight excluding hydrogens is 468 g/mol. The summed E-state index contributed by atoms with van der Waals surface area (Å²) in [6.07, 6.45) is 1.46. The lowest BCUT2D eigenvalue weighted by Crippen LogP contribution is -2.21. The number of halogens is 1. The molecular formula is C17H15BrN4O6S. The van der Waals surface area contributed by atoms with Crippen molar-refractivity contribution < 1.29 is 22.8 Å². The van der Waals surface area contributed by atoms with Gasteiger partial charge in [-0.15, -0.1) is 4.40 Å². The minimum absolute atomic E-state index is 0.0482. The molecule has 0 unspecified atom stereocenters. The number of hydrazone groups is 1. The fraction of sp³-hybridized carbons (Fsp3) is 0.176. The Balaban J connectivity index is 1.99. The Morgan fingerprint density at radius 1 is 1.24 bits per heavy atom. The Bertz CT molecular complexity index is 1160. The number of nitro benzene ring substituents is 1. The first kappa shape index (κ1) is 20.7. The van der Waals surface area contributed by atoms with Gasteiger partial charge in [-0.3, -0.25) is 10.1 Å². The highest BCUT2D eigenvalue weighted by Crippen LogP contribution is 2.34. The summed E-state index contributed by atoms with van der Waals surface area (Å²) in [5.41, 5.74) is 0.478. The highest BCUT2D eigenvalue weighted by atomic mass is 79.9. The molecule has 0 N–H and O–H groups in total. The van der Waals surface area contributed by atoms with Gasteiger partial charge in [-0.25, -0.2) is 5.01 Å². The van der Waals surface area contributed by atoms with Crippen molar-refractivity contribution in [2.45, 2.75) is 4.90 Å². The summed E-state index contributed by atoms with van der Waals surface area (Å²) in [6.45, 7) is 0. The van der Waals surface area contributed by atoms with Crippen LogP contribution in [0, 0.1) is 10.1 Å². The largest absolute Gasteiger partial charge is 0.493 e. The zero-order valence-electron chi connectivity index (χ0n) is 15.5. The number of nitrogens with zero attached hydrogens (tertiary/aromatic N) is 4. The van der Waals surface area contributed by atoms with Crippen molar-refractivity contribution in [3.63, 3.8) is 0 Å². The van der Waals surface area contributed by atoms with E-state index in [1.54, 1.807) is 12.1 Å². The summed E-state index contributed by atoms with van der Waals surface area (Å²) in [7, 11) is 0.459. The van der Waals surface area contributed by atoms with E-state index >= 15 is 0 Å². The normalized spacial score (nSPS) is 14.4. The number of sulfonamides is 1. The maximum absolute atomic E-state index is 12.3. The van der Waals surface area contributed by atoms with Crippen LogP contribution in [0.15, 0.2) is 49.2 Å². The molecule has 0 saturated carbocycles. The van der Waals surface area contributed by atoms with Crippen LogP contribution in [-0.4, -0.2) is 51.7 Å². The summed E-state index contributed by atoms with van der Waals surface area (Å²) in [5, 5.41) is 16.5. The second-order valence-electron chi connectivity index (χ2n) is 5.83. The van der Waals surface area contributed by atoms with E-state index in [2.05, 4.69) is 25.4 Å². The summed E-state index contributed by atoms with van der Waals surface area (Å²) in [5.74, 6) is 0.987. The number of methoxy groups -OCH3 is 2. The summed E-state index contributed by atoms with van der Waals surface area (Å²) in [6, 6.07) is 7.03. The number of hydrogen-bond donors (Lipinski definition) is 0. The van der Waals surface area contributed by atoms with Gasteiger partial charge in [0.15, 0.2) is 17.3 Å². The minimum Gasteiger partial charge on any atom is -0.493 e. The van der Waals surface area contributed by atoms with E-state index in [1.807, 2.05) is 0 Å². The number of hydrogen-bond acceptors (Lipinski definition) is 8. The highest BCUT2D eigenvalue weighted by Gasteiger charge is 2.32. The van der Waals surface area contributed by atoms with Gasteiger partial charge in [0.2, 0.25) is 0 Å². The van der Waals surface area contributed by atoms with Gasteiger partial charge >= 0.3 is 0 Å². The van der Waals surface area contributed by atoms with Crippen LogP contribution in [0.4, 0.5) is 5.69 Å². The van der Waals surface area contributed by atoms with Crippen LogP contribution in [0.25, 0.3) is 0 Å². The first-order valence-electron chi connectivity index (χ1n) is 8.01. The van der Waals surface area contributed by atoms with Crippen molar-refractivity contribution in [1.29, 1.82) is 0 Å². The van der Waals surface area contributed by atoms with Gasteiger partial charge in [-0.2, -0.15) is 13.5 Å². The SMILES string of the molecule is COc1cc(Br)cc(/C=N\N(C)C2=NS(=O)(=O)c3cc([N+](=O)[O-])ccc32)c1OC. The molecule has 0 fully saturated rings.